The molecular weight excluding hydrogens is 585 g/mol. The van der Waals surface area contributed by atoms with Gasteiger partial charge in [-0.3, -0.25) is 0 Å². The zero-order valence-corrected chi connectivity index (χ0v) is 28.9. The Morgan fingerprint density at radius 3 is 1.38 bits per heavy atom. The van der Waals surface area contributed by atoms with E-state index in [0.717, 1.165) is 56.6 Å². The van der Waals surface area contributed by atoms with Gasteiger partial charge in [0.15, 0.2) is 0 Å². The van der Waals surface area contributed by atoms with E-state index in [-0.39, 0.29) is 0 Å². The summed E-state index contributed by atoms with van der Waals surface area (Å²) in [5.41, 5.74) is 16.2. The molecule has 0 spiro atoms. The number of anilines is 6. The summed E-state index contributed by atoms with van der Waals surface area (Å²) in [6.45, 7) is 17.4. The fourth-order valence-electron chi connectivity index (χ4n) is 6.27. The molecule has 3 nitrogen and oxygen atoms in total. The highest BCUT2D eigenvalue weighted by Crippen LogP contribution is 2.44. The first kappa shape index (κ1) is 32.4. The topological polar surface area (TPSA) is 15.7 Å². The highest BCUT2D eigenvalue weighted by Gasteiger charge is 2.21. The van der Waals surface area contributed by atoms with Crippen LogP contribution < -0.4 is 14.5 Å². The molecule has 0 amide bonds. The summed E-state index contributed by atoms with van der Waals surface area (Å²) in [5, 5.41) is 0. The Balaban J connectivity index is 1.41. The molecule has 0 atom stereocenters. The van der Waals surface area contributed by atoms with Crippen LogP contribution in [-0.4, -0.2) is 0 Å². The molecule has 3 heteroatoms. The van der Waals surface area contributed by atoms with Crippen LogP contribution in [-0.2, 0) is 6.61 Å². The standard InChI is InChI=1S/C45H44N2O/c1-8-37-18-20-38(21-19-37)30-48-45-23-22-42(27-36(45)7)47(41-17-11-14-33(4)26-41)44-29-34(5)43(28-35(44)6)46(39-15-9-12-31(2)24-39)40-16-10-13-32(3)25-40/h8-29H,1,30H2,2-7H3. The number of ether oxygens (including phenoxy) is 1. The minimum Gasteiger partial charge on any atom is -0.489 e. The van der Waals surface area contributed by atoms with Gasteiger partial charge in [-0.05, 0) is 153 Å². The molecule has 48 heavy (non-hydrogen) atoms. The van der Waals surface area contributed by atoms with Crippen LogP contribution >= 0.6 is 0 Å². The molecule has 6 rings (SSSR count). The van der Waals surface area contributed by atoms with Crippen LogP contribution in [0.4, 0.5) is 34.1 Å². The van der Waals surface area contributed by atoms with Crippen molar-refractivity contribution in [2.45, 2.75) is 48.1 Å². The summed E-state index contributed by atoms with van der Waals surface area (Å²) >= 11 is 0. The van der Waals surface area contributed by atoms with Crippen molar-refractivity contribution < 1.29 is 4.74 Å². The second-order valence-electron chi connectivity index (χ2n) is 12.8. The van der Waals surface area contributed by atoms with Gasteiger partial charge in [0.2, 0.25) is 0 Å². The Bertz CT molecular complexity index is 2030. The minimum atomic E-state index is 0.511. The number of benzene rings is 6. The number of aryl methyl sites for hydroxylation is 6. The van der Waals surface area contributed by atoms with E-state index in [1.165, 1.54) is 27.8 Å². The Labute approximate surface area is 286 Å². The lowest BCUT2D eigenvalue weighted by molar-refractivity contribution is 0.304. The van der Waals surface area contributed by atoms with Crippen LogP contribution in [0.1, 0.15) is 44.5 Å². The van der Waals surface area contributed by atoms with E-state index in [0.29, 0.717) is 6.61 Å². The summed E-state index contributed by atoms with van der Waals surface area (Å²) in [7, 11) is 0. The highest BCUT2D eigenvalue weighted by atomic mass is 16.5. The van der Waals surface area contributed by atoms with Crippen molar-refractivity contribution in [1.29, 1.82) is 0 Å². The molecule has 0 saturated heterocycles. The molecule has 0 aliphatic carbocycles. The minimum absolute atomic E-state index is 0.511. The van der Waals surface area contributed by atoms with Crippen molar-refractivity contribution in [3.05, 3.63) is 178 Å². The van der Waals surface area contributed by atoms with Crippen LogP contribution in [0.3, 0.4) is 0 Å². The Morgan fingerprint density at radius 1 is 0.500 bits per heavy atom. The zero-order valence-electron chi connectivity index (χ0n) is 28.9. The van der Waals surface area contributed by atoms with Crippen LogP contribution in [0.15, 0.2) is 134 Å². The third-order valence-corrected chi connectivity index (χ3v) is 8.80. The van der Waals surface area contributed by atoms with Crippen molar-refractivity contribution in [1.82, 2.24) is 0 Å². The van der Waals surface area contributed by atoms with E-state index >= 15 is 0 Å². The fourth-order valence-corrected chi connectivity index (χ4v) is 6.27. The van der Waals surface area contributed by atoms with Gasteiger partial charge < -0.3 is 14.5 Å². The maximum Gasteiger partial charge on any atom is 0.122 e. The van der Waals surface area contributed by atoms with Crippen LogP contribution in [0, 0.1) is 41.5 Å². The van der Waals surface area contributed by atoms with Crippen molar-refractivity contribution in [2.24, 2.45) is 0 Å². The molecule has 0 N–H and O–H groups in total. The maximum absolute atomic E-state index is 6.30. The smallest absolute Gasteiger partial charge is 0.122 e. The van der Waals surface area contributed by atoms with Gasteiger partial charge in [0, 0.05) is 34.1 Å². The van der Waals surface area contributed by atoms with E-state index in [1.807, 2.05) is 6.08 Å². The van der Waals surface area contributed by atoms with Gasteiger partial charge in [-0.1, -0.05) is 73.3 Å². The van der Waals surface area contributed by atoms with Gasteiger partial charge in [-0.2, -0.15) is 0 Å². The molecule has 0 heterocycles. The van der Waals surface area contributed by atoms with E-state index < -0.39 is 0 Å². The second-order valence-corrected chi connectivity index (χ2v) is 12.8. The monoisotopic (exact) mass is 628 g/mol. The zero-order chi connectivity index (χ0) is 33.8. The Morgan fingerprint density at radius 2 is 0.958 bits per heavy atom. The van der Waals surface area contributed by atoms with Gasteiger partial charge in [0.25, 0.3) is 0 Å². The third-order valence-electron chi connectivity index (χ3n) is 8.80. The average Bonchev–Trinajstić information content (AvgIpc) is 3.07. The molecule has 6 aromatic carbocycles. The lowest BCUT2D eigenvalue weighted by atomic mass is 10.0. The molecule has 0 bridgehead atoms. The summed E-state index contributed by atoms with van der Waals surface area (Å²) < 4.78 is 6.30. The molecule has 0 fully saturated rings. The lowest BCUT2D eigenvalue weighted by Gasteiger charge is -2.32. The van der Waals surface area contributed by atoms with Crippen molar-refractivity contribution in [3.8, 4) is 5.75 Å². The largest absolute Gasteiger partial charge is 0.489 e. The Hall–Kier alpha value is -5.54. The molecule has 6 aromatic rings. The van der Waals surface area contributed by atoms with E-state index in [2.05, 4.69) is 185 Å². The first-order valence-corrected chi connectivity index (χ1v) is 16.6. The van der Waals surface area contributed by atoms with E-state index in [4.69, 9.17) is 4.74 Å². The van der Waals surface area contributed by atoms with Gasteiger partial charge in [-0.25, -0.2) is 0 Å². The van der Waals surface area contributed by atoms with Crippen LogP contribution in [0.25, 0.3) is 6.08 Å². The van der Waals surface area contributed by atoms with E-state index in [1.54, 1.807) is 0 Å². The Kier molecular flexibility index (Phi) is 9.50. The van der Waals surface area contributed by atoms with Gasteiger partial charge in [-0.15, -0.1) is 0 Å². The summed E-state index contributed by atoms with van der Waals surface area (Å²) in [6, 6.07) is 45.7. The maximum atomic E-state index is 6.30. The van der Waals surface area contributed by atoms with Gasteiger partial charge in [0.1, 0.15) is 12.4 Å². The summed E-state index contributed by atoms with van der Waals surface area (Å²) in [6.07, 6.45) is 1.86. The number of hydrogen-bond acceptors (Lipinski definition) is 3. The molecule has 0 aliphatic heterocycles. The molecule has 0 radical (unpaired) electrons. The quantitative estimate of drug-likeness (QED) is 0.150. The first-order chi connectivity index (χ1) is 23.2. The van der Waals surface area contributed by atoms with Gasteiger partial charge in [0.05, 0.1) is 0 Å². The molecule has 0 aliphatic rings. The normalized spacial score (nSPS) is 10.9. The summed E-state index contributed by atoms with van der Waals surface area (Å²) in [4.78, 5) is 4.75. The average molecular weight is 629 g/mol. The van der Waals surface area contributed by atoms with Crippen LogP contribution in [0.5, 0.6) is 5.75 Å². The number of rotatable bonds is 10. The van der Waals surface area contributed by atoms with Crippen LogP contribution in [0.2, 0.25) is 0 Å². The molecule has 0 aromatic heterocycles. The SMILES string of the molecule is C=Cc1ccc(COc2ccc(N(c3cccc(C)c3)c3cc(C)c(N(c4cccc(C)c4)c4cccc(C)c4)cc3C)cc2C)cc1. The third kappa shape index (κ3) is 7.06. The van der Waals surface area contributed by atoms with E-state index in [9.17, 15) is 0 Å². The molecule has 0 unspecified atom stereocenters. The lowest BCUT2D eigenvalue weighted by Crippen LogP contribution is -2.15. The molecule has 0 saturated carbocycles. The highest BCUT2D eigenvalue weighted by molar-refractivity contribution is 5.85. The van der Waals surface area contributed by atoms with Crippen molar-refractivity contribution >= 4 is 40.2 Å². The fraction of sp³-hybridized carbons (Fsp3) is 0.156. The number of hydrogen-bond donors (Lipinski definition) is 0. The van der Waals surface area contributed by atoms with Gasteiger partial charge >= 0.3 is 0 Å². The predicted octanol–water partition coefficient (Wildman–Crippen LogP) is 12.7. The molecular formula is C45H44N2O. The van der Waals surface area contributed by atoms with Crippen molar-refractivity contribution in [2.75, 3.05) is 9.80 Å². The predicted molar refractivity (Wildman–Crippen MR) is 205 cm³/mol. The summed E-state index contributed by atoms with van der Waals surface area (Å²) in [5.74, 6) is 0.881. The first-order valence-electron chi connectivity index (χ1n) is 16.6. The van der Waals surface area contributed by atoms with Crippen molar-refractivity contribution in [3.63, 3.8) is 0 Å². The number of nitrogens with zero attached hydrogens (tertiary/aromatic N) is 2. The molecule has 240 valence electrons. The second kappa shape index (κ2) is 14.1.